The molecule has 0 fully saturated rings. The Balaban J connectivity index is 2.09. The maximum absolute atomic E-state index is 11.6. The summed E-state index contributed by atoms with van der Waals surface area (Å²) in [6, 6.07) is 3.08. The van der Waals surface area contributed by atoms with E-state index in [0.29, 0.717) is 6.42 Å². The number of nitro groups is 2. The van der Waals surface area contributed by atoms with E-state index in [1.165, 1.54) is 6.26 Å². The van der Waals surface area contributed by atoms with Crippen molar-refractivity contribution in [1.82, 2.24) is 0 Å². The van der Waals surface area contributed by atoms with Gasteiger partial charge in [0.05, 0.1) is 22.2 Å². The maximum Gasteiger partial charge on any atom is 0.347 e. The second kappa shape index (κ2) is 5.99. The van der Waals surface area contributed by atoms with Crippen LogP contribution in [0.5, 0.6) is 0 Å². The molecule has 1 unspecified atom stereocenters. The highest BCUT2D eigenvalue weighted by molar-refractivity contribution is 5.75. The molecule has 1 aliphatic heterocycles. The lowest BCUT2D eigenvalue weighted by Gasteiger charge is -2.10. The molecule has 1 aliphatic rings. The van der Waals surface area contributed by atoms with E-state index < -0.39 is 33.3 Å². The van der Waals surface area contributed by atoms with Gasteiger partial charge in [-0.3, -0.25) is 20.2 Å². The highest BCUT2D eigenvalue weighted by atomic mass is 16.6. The number of benzene rings is 1. The van der Waals surface area contributed by atoms with Crippen molar-refractivity contribution < 1.29 is 24.1 Å². The fraction of sp³-hybridized carbons (Fsp3) is 0.250. The SMILES string of the molecule is O=C(OCc1cc([N+](=O)[O-])cc([N+](=O)[O-])c1)C1CC=CO1. The maximum atomic E-state index is 11.6. The van der Waals surface area contributed by atoms with Gasteiger partial charge in [-0.2, -0.15) is 0 Å². The van der Waals surface area contributed by atoms with Gasteiger partial charge in [0.2, 0.25) is 0 Å². The molecule has 110 valence electrons. The smallest absolute Gasteiger partial charge is 0.347 e. The van der Waals surface area contributed by atoms with Gasteiger partial charge in [-0.05, 0) is 6.08 Å². The number of carbonyl (C=O) groups is 1. The van der Waals surface area contributed by atoms with Gasteiger partial charge in [0, 0.05) is 24.1 Å². The molecule has 1 heterocycles. The summed E-state index contributed by atoms with van der Waals surface area (Å²) in [6.07, 6.45) is 2.68. The largest absolute Gasteiger partial charge is 0.486 e. The number of nitrogens with zero attached hydrogens (tertiary/aromatic N) is 2. The summed E-state index contributed by atoms with van der Waals surface area (Å²) in [5, 5.41) is 21.4. The first-order chi connectivity index (χ1) is 9.97. The molecule has 9 nitrogen and oxygen atoms in total. The summed E-state index contributed by atoms with van der Waals surface area (Å²) in [5.74, 6) is -0.630. The summed E-state index contributed by atoms with van der Waals surface area (Å²) < 4.78 is 9.89. The van der Waals surface area contributed by atoms with Gasteiger partial charge in [-0.25, -0.2) is 4.79 Å². The normalized spacial score (nSPS) is 16.3. The Morgan fingerprint density at radius 1 is 1.24 bits per heavy atom. The van der Waals surface area contributed by atoms with Crippen LogP contribution in [0.1, 0.15) is 12.0 Å². The van der Waals surface area contributed by atoms with Crippen LogP contribution in [0.3, 0.4) is 0 Å². The van der Waals surface area contributed by atoms with E-state index in [1.54, 1.807) is 6.08 Å². The summed E-state index contributed by atoms with van der Waals surface area (Å²) in [5.41, 5.74) is -0.710. The molecule has 0 aliphatic carbocycles. The number of hydrogen-bond donors (Lipinski definition) is 0. The Morgan fingerprint density at radius 3 is 2.33 bits per heavy atom. The van der Waals surface area contributed by atoms with E-state index in [1.807, 2.05) is 0 Å². The van der Waals surface area contributed by atoms with Crippen LogP contribution in [0.15, 0.2) is 30.5 Å². The van der Waals surface area contributed by atoms with Crippen LogP contribution in [0.4, 0.5) is 11.4 Å². The van der Waals surface area contributed by atoms with Crippen molar-refractivity contribution in [2.75, 3.05) is 0 Å². The van der Waals surface area contributed by atoms with Crippen LogP contribution >= 0.6 is 0 Å². The standard InChI is InChI=1S/C12H10N2O7/c15-12(11-2-1-3-20-11)21-7-8-4-9(13(16)17)6-10(5-8)14(18)19/h1,3-6,11H,2,7H2. The number of ether oxygens (including phenoxy) is 2. The topological polar surface area (TPSA) is 122 Å². The van der Waals surface area contributed by atoms with Crippen molar-refractivity contribution in [2.45, 2.75) is 19.1 Å². The van der Waals surface area contributed by atoms with E-state index >= 15 is 0 Å². The molecule has 0 bridgehead atoms. The Bertz CT molecular complexity index is 586. The van der Waals surface area contributed by atoms with Crippen LogP contribution in [0.2, 0.25) is 0 Å². The van der Waals surface area contributed by atoms with Crippen molar-refractivity contribution in [1.29, 1.82) is 0 Å². The molecule has 0 spiro atoms. The summed E-state index contributed by atoms with van der Waals surface area (Å²) in [4.78, 5) is 31.6. The minimum Gasteiger partial charge on any atom is -0.486 e. The van der Waals surface area contributed by atoms with Crippen LogP contribution in [-0.4, -0.2) is 21.9 Å². The highest BCUT2D eigenvalue weighted by Crippen LogP contribution is 2.23. The molecule has 0 amide bonds. The van der Waals surface area contributed by atoms with Gasteiger partial charge in [0.1, 0.15) is 6.61 Å². The zero-order chi connectivity index (χ0) is 15.4. The summed E-state index contributed by atoms with van der Waals surface area (Å²) in [7, 11) is 0. The molecule has 1 aromatic rings. The Labute approximate surface area is 118 Å². The third-order valence-electron chi connectivity index (χ3n) is 2.72. The van der Waals surface area contributed by atoms with Crippen LogP contribution in [-0.2, 0) is 20.9 Å². The van der Waals surface area contributed by atoms with Crippen molar-refractivity contribution >= 4 is 17.3 Å². The first-order valence-electron chi connectivity index (χ1n) is 5.87. The second-order valence-corrected chi connectivity index (χ2v) is 4.21. The molecule has 1 aromatic carbocycles. The average Bonchev–Trinajstić information content (AvgIpc) is 2.98. The molecule has 9 heteroatoms. The zero-order valence-electron chi connectivity index (χ0n) is 10.6. The van der Waals surface area contributed by atoms with E-state index in [9.17, 15) is 25.0 Å². The molecule has 0 saturated carbocycles. The molecular formula is C12H10N2O7. The van der Waals surface area contributed by atoms with Crippen molar-refractivity contribution in [3.05, 3.63) is 56.3 Å². The minimum absolute atomic E-state index is 0.162. The Hall–Kier alpha value is -2.97. The number of esters is 1. The number of nitro benzene ring substituents is 2. The zero-order valence-corrected chi connectivity index (χ0v) is 10.6. The minimum atomic E-state index is -0.748. The molecule has 0 aromatic heterocycles. The molecular weight excluding hydrogens is 284 g/mol. The molecule has 2 rings (SSSR count). The molecule has 1 atom stereocenters. The lowest BCUT2D eigenvalue weighted by molar-refractivity contribution is -0.394. The van der Waals surface area contributed by atoms with E-state index in [4.69, 9.17) is 9.47 Å². The average molecular weight is 294 g/mol. The van der Waals surface area contributed by atoms with E-state index in [0.717, 1.165) is 18.2 Å². The van der Waals surface area contributed by atoms with Gasteiger partial charge in [0.15, 0.2) is 6.10 Å². The third kappa shape index (κ3) is 3.53. The first kappa shape index (κ1) is 14.4. The Morgan fingerprint density at radius 2 is 1.86 bits per heavy atom. The van der Waals surface area contributed by atoms with Gasteiger partial charge in [0.25, 0.3) is 11.4 Å². The fourth-order valence-electron chi connectivity index (χ4n) is 1.73. The molecule has 0 N–H and O–H groups in total. The van der Waals surface area contributed by atoms with Gasteiger partial charge in [-0.15, -0.1) is 0 Å². The third-order valence-corrected chi connectivity index (χ3v) is 2.72. The van der Waals surface area contributed by atoms with Crippen molar-refractivity contribution in [3.63, 3.8) is 0 Å². The van der Waals surface area contributed by atoms with Gasteiger partial charge < -0.3 is 9.47 Å². The number of rotatable bonds is 5. The fourth-order valence-corrected chi connectivity index (χ4v) is 1.73. The monoisotopic (exact) mass is 294 g/mol. The highest BCUT2D eigenvalue weighted by Gasteiger charge is 2.23. The van der Waals surface area contributed by atoms with Crippen molar-refractivity contribution in [3.8, 4) is 0 Å². The molecule has 0 radical (unpaired) electrons. The predicted octanol–water partition coefficient (Wildman–Crippen LogP) is 1.85. The lowest BCUT2D eigenvalue weighted by Crippen LogP contribution is -2.21. The van der Waals surface area contributed by atoms with Gasteiger partial charge >= 0.3 is 5.97 Å². The second-order valence-electron chi connectivity index (χ2n) is 4.21. The molecule has 21 heavy (non-hydrogen) atoms. The van der Waals surface area contributed by atoms with Crippen molar-refractivity contribution in [2.24, 2.45) is 0 Å². The van der Waals surface area contributed by atoms with Gasteiger partial charge in [-0.1, -0.05) is 0 Å². The van der Waals surface area contributed by atoms with E-state index in [-0.39, 0.29) is 12.2 Å². The number of non-ortho nitro benzene ring substituents is 2. The van der Waals surface area contributed by atoms with Crippen LogP contribution < -0.4 is 0 Å². The Kier molecular flexibility index (Phi) is 4.12. The van der Waals surface area contributed by atoms with E-state index in [2.05, 4.69) is 0 Å². The lowest BCUT2D eigenvalue weighted by atomic mass is 10.2. The predicted molar refractivity (Wildman–Crippen MR) is 68.2 cm³/mol. The summed E-state index contributed by atoms with van der Waals surface area (Å²) >= 11 is 0. The number of hydrogen-bond acceptors (Lipinski definition) is 7. The van der Waals surface area contributed by atoms with Crippen LogP contribution in [0, 0.1) is 20.2 Å². The quantitative estimate of drug-likeness (QED) is 0.461. The van der Waals surface area contributed by atoms with Crippen LogP contribution in [0.25, 0.3) is 0 Å². The number of carbonyl (C=O) groups excluding carboxylic acids is 1. The first-order valence-corrected chi connectivity index (χ1v) is 5.87. The molecule has 0 saturated heterocycles. The summed E-state index contributed by atoms with van der Waals surface area (Å²) in [6.45, 7) is -0.304.